The van der Waals surface area contributed by atoms with Crippen LogP contribution in [0, 0.1) is 0 Å². The second-order valence-corrected chi connectivity index (χ2v) is 8.06. The molecule has 2 aliphatic rings. The van der Waals surface area contributed by atoms with Gasteiger partial charge in [0, 0.05) is 24.3 Å². The van der Waals surface area contributed by atoms with Crippen LogP contribution in [0.2, 0.25) is 0 Å². The molecule has 0 saturated carbocycles. The Morgan fingerprint density at radius 2 is 1.79 bits per heavy atom. The van der Waals surface area contributed by atoms with Crippen LogP contribution >= 0.6 is 0 Å². The summed E-state index contributed by atoms with van der Waals surface area (Å²) in [4.78, 5) is 27.4. The van der Waals surface area contributed by atoms with E-state index in [1.165, 1.54) is 0 Å². The number of carbonyl (C=O) groups is 2. The molecule has 0 saturated heterocycles. The number of anilines is 1. The first-order chi connectivity index (χ1) is 16.5. The Hall–Kier alpha value is -3.46. The maximum Gasteiger partial charge on any atom is 0.307 e. The first-order valence-corrected chi connectivity index (χ1v) is 11.4. The van der Waals surface area contributed by atoms with Crippen LogP contribution in [0.4, 0.5) is 5.69 Å². The van der Waals surface area contributed by atoms with Gasteiger partial charge in [0.2, 0.25) is 5.91 Å². The van der Waals surface area contributed by atoms with Crippen molar-refractivity contribution < 1.29 is 33.3 Å². The van der Waals surface area contributed by atoms with Crippen molar-refractivity contribution in [1.29, 1.82) is 0 Å². The number of nitrogens with one attached hydrogen (secondary N) is 1. The van der Waals surface area contributed by atoms with E-state index in [-0.39, 0.29) is 30.9 Å². The summed E-state index contributed by atoms with van der Waals surface area (Å²) in [5.41, 5.74) is 2.62. The summed E-state index contributed by atoms with van der Waals surface area (Å²) >= 11 is 0. The average molecular weight is 471 g/mol. The Morgan fingerprint density at radius 3 is 2.53 bits per heavy atom. The molecule has 1 atom stereocenters. The molecule has 0 unspecified atom stereocenters. The van der Waals surface area contributed by atoms with Crippen molar-refractivity contribution in [3.05, 3.63) is 41.5 Å². The number of rotatable bonds is 8. The quantitative estimate of drug-likeness (QED) is 0.589. The largest absolute Gasteiger partial charge is 0.493 e. The zero-order valence-electron chi connectivity index (χ0n) is 19.7. The van der Waals surface area contributed by atoms with Gasteiger partial charge >= 0.3 is 5.97 Å². The molecule has 9 nitrogen and oxygen atoms in total. The average Bonchev–Trinajstić information content (AvgIpc) is 2.84. The topological polar surface area (TPSA) is 95.6 Å². The summed E-state index contributed by atoms with van der Waals surface area (Å²) in [7, 11) is 3.17. The highest BCUT2D eigenvalue weighted by Gasteiger charge is 2.32. The highest BCUT2D eigenvalue weighted by atomic mass is 16.6. The van der Waals surface area contributed by atoms with Crippen LogP contribution in [0.3, 0.4) is 0 Å². The molecule has 2 aliphatic heterocycles. The molecule has 2 aromatic rings. The van der Waals surface area contributed by atoms with E-state index in [1.807, 2.05) is 17.0 Å². The lowest BCUT2D eigenvalue weighted by Gasteiger charge is -2.37. The molecule has 2 aromatic carbocycles. The van der Waals surface area contributed by atoms with Crippen LogP contribution in [-0.2, 0) is 20.7 Å². The van der Waals surface area contributed by atoms with E-state index in [2.05, 4.69) is 5.32 Å². The monoisotopic (exact) mass is 470 g/mol. The van der Waals surface area contributed by atoms with Crippen LogP contribution in [0.25, 0.3) is 0 Å². The van der Waals surface area contributed by atoms with Crippen LogP contribution in [0.1, 0.15) is 30.5 Å². The summed E-state index contributed by atoms with van der Waals surface area (Å²) in [6.07, 6.45) is 0.847. The van der Waals surface area contributed by atoms with E-state index in [1.54, 1.807) is 39.3 Å². The lowest BCUT2D eigenvalue weighted by molar-refractivity contribution is -0.145. The van der Waals surface area contributed by atoms with Crippen molar-refractivity contribution in [3.63, 3.8) is 0 Å². The van der Waals surface area contributed by atoms with Crippen molar-refractivity contribution in [3.8, 4) is 23.0 Å². The zero-order chi connectivity index (χ0) is 24.1. The van der Waals surface area contributed by atoms with Crippen molar-refractivity contribution in [1.82, 2.24) is 4.90 Å². The van der Waals surface area contributed by atoms with Crippen molar-refractivity contribution in [2.45, 2.75) is 25.8 Å². The highest BCUT2D eigenvalue weighted by molar-refractivity contribution is 5.92. The number of hydrogen-bond donors (Lipinski definition) is 1. The molecule has 34 heavy (non-hydrogen) atoms. The van der Waals surface area contributed by atoms with Gasteiger partial charge in [0.25, 0.3) is 0 Å². The van der Waals surface area contributed by atoms with Crippen molar-refractivity contribution in [2.24, 2.45) is 0 Å². The van der Waals surface area contributed by atoms with Crippen LogP contribution in [0.15, 0.2) is 30.3 Å². The predicted octanol–water partition coefficient (Wildman–Crippen LogP) is 2.97. The molecule has 0 fully saturated rings. The second-order valence-electron chi connectivity index (χ2n) is 8.06. The van der Waals surface area contributed by atoms with Crippen LogP contribution in [0.5, 0.6) is 23.0 Å². The van der Waals surface area contributed by atoms with Gasteiger partial charge in [-0.25, -0.2) is 0 Å². The Labute approximate surface area is 198 Å². The predicted molar refractivity (Wildman–Crippen MR) is 125 cm³/mol. The third kappa shape index (κ3) is 5.20. The molecular weight excluding hydrogens is 440 g/mol. The molecule has 0 aliphatic carbocycles. The van der Waals surface area contributed by atoms with Crippen LogP contribution in [-0.4, -0.2) is 63.9 Å². The standard InChI is InChI=1S/C25H30N2O7/c1-4-32-25(29)14-19-18-13-22(31-3)21(30-2)11-16(18)7-8-27(19)15-24(28)26-17-5-6-20-23(12-17)34-10-9-33-20/h5-6,11-13,19H,4,7-10,14-15H2,1-3H3,(H,26,28)/t19-/m0/s1. The van der Waals surface area contributed by atoms with Gasteiger partial charge in [-0.2, -0.15) is 0 Å². The third-order valence-corrected chi connectivity index (χ3v) is 5.95. The molecule has 0 spiro atoms. The van der Waals surface area contributed by atoms with Gasteiger partial charge in [0.05, 0.1) is 33.8 Å². The summed E-state index contributed by atoms with van der Waals surface area (Å²) in [5.74, 6) is 1.99. The number of benzene rings is 2. The Morgan fingerprint density at radius 1 is 1.06 bits per heavy atom. The fraction of sp³-hybridized carbons (Fsp3) is 0.440. The van der Waals surface area contributed by atoms with Gasteiger partial charge in [-0.15, -0.1) is 0 Å². The minimum atomic E-state index is -0.325. The van der Waals surface area contributed by atoms with E-state index in [0.717, 1.165) is 11.1 Å². The molecule has 2 heterocycles. The fourth-order valence-electron chi connectivity index (χ4n) is 4.39. The molecule has 9 heteroatoms. The number of nitrogens with zero attached hydrogens (tertiary/aromatic N) is 1. The van der Waals surface area contributed by atoms with Gasteiger partial charge in [-0.3, -0.25) is 14.5 Å². The van der Waals surface area contributed by atoms with Gasteiger partial charge < -0.3 is 29.0 Å². The van der Waals surface area contributed by atoms with Crippen molar-refractivity contribution in [2.75, 3.05) is 52.4 Å². The number of fused-ring (bicyclic) bond motifs is 2. The number of methoxy groups -OCH3 is 2. The minimum Gasteiger partial charge on any atom is -0.493 e. The Balaban J connectivity index is 1.53. The SMILES string of the molecule is CCOC(=O)C[C@H]1c2cc(OC)c(OC)cc2CCN1CC(=O)Nc1ccc2c(c1)OCCO2. The molecular formula is C25H30N2O7. The molecule has 0 bridgehead atoms. The maximum atomic E-state index is 13.0. The molecule has 1 N–H and O–H groups in total. The fourth-order valence-corrected chi connectivity index (χ4v) is 4.39. The highest BCUT2D eigenvalue weighted by Crippen LogP contribution is 2.39. The van der Waals surface area contributed by atoms with Gasteiger partial charge in [-0.05, 0) is 48.7 Å². The number of amides is 1. The smallest absolute Gasteiger partial charge is 0.307 e. The first-order valence-electron chi connectivity index (χ1n) is 11.4. The number of esters is 1. The number of hydrogen-bond acceptors (Lipinski definition) is 8. The lowest BCUT2D eigenvalue weighted by atomic mass is 9.90. The number of carbonyl (C=O) groups excluding carboxylic acids is 2. The maximum absolute atomic E-state index is 13.0. The zero-order valence-corrected chi connectivity index (χ0v) is 19.7. The van der Waals surface area contributed by atoms with Crippen molar-refractivity contribution >= 4 is 17.6 Å². The molecule has 182 valence electrons. The Bertz CT molecular complexity index is 1060. The summed E-state index contributed by atoms with van der Waals surface area (Å²) < 4.78 is 27.3. The van der Waals surface area contributed by atoms with Gasteiger partial charge in [0.15, 0.2) is 23.0 Å². The number of ether oxygens (including phenoxy) is 5. The van der Waals surface area contributed by atoms with E-state index in [4.69, 9.17) is 23.7 Å². The van der Waals surface area contributed by atoms with E-state index >= 15 is 0 Å². The van der Waals surface area contributed by atoms with E-state index in [9.17, 15) is 9.59 Å². The van der Waals surface area contributed by atoms with E-state index in [0.29, 0.717) is 61.5 Å². The minimum absolute atomic E-state index is 0.117. The lowest BCUT2D eigenvalue weighted by Crippen LogP contribution is -2.41. The van der Waals surface area contributed by atoms with Crippen LogP contribution < -0.4 is 24.3 Å². The molecule has 4 rings (SSSR count). The summed E-state index contributed by atoms with van der Waals surface area (Å²) in [6.45, 7) is 3.79. The molecule has 1 amide bonds. The molecule has 0 aromatic heterocycles. The Kier molecular flexibility index (Phi) is 7.42. The van der Waals surface area contributed by atoms with E-state index < -0.39 is 0 Å². The summed E-state index contributed by atoms with van der Waals surface area (Å²) in [6, 6.07) is 8.83. The molecule has 0 radical (unpaired) electrons. The normalized spacial score (nSPS) is 16.9. The van der Waals surface area contributed by atoms with Gasteiger partial charge in [0.1, 0.15) is 13.2 Å². The third-order valence-electron chi connectivity index (χ3n) is 5.95. The van der Waals surface area contributed by atoms with Gasteiger partial charge in [-0.1, -0.05) is 0 Å². The summed E-state index contributed by atoms with van der Waals surface area (Å²) in [5, 5.41) is 2.93. The first kappa shape index (κ1) is 23.7. The second kappa shape index (κ2) is 10.6.